The van der Waals surface area contributed by atoms with Crippen LogP contribution in [0.3, 0.4) is 0 Å². The van der Waals surface area contributed by atoms with Crippen molar-refractivity contribution in [2.45, 2.75) is 0 Å². The van der Waals surface area contributed by atoms with Crippen LogP contribution in [0.2, 0.25) is 0 Å². The summed E-state index contributed by atoms with van der Waals surface area (Å²) in [5.41, 5.74) is 5.56. The van der Waals surface area contributed by atoms with Crippen LogP contribution < -0.4 is 0 Å². The molecular weight excluding hydrogens is 384 g/mol. The van der Waals surface area contributed by atoms with Gasteiger partial charge in [0.05, 0.1) is 0 Å². The highest BCUT2D eigenvalue weighted by atomic mass is 14.3. The smallest absolute Gasteiger partial charge is 0.000741 e. The second-order valence-corrected chi connectivity index (χ2v) is 8.88. The predicted octanol–water partition coefficient (Wildman–Crippen LogP) is 9.10. The van der Waals surface area contributed by atoms with E-state index in [4.69, 9.17) is 0 Å². The standard InChI is InChI=1S/C32H18/c1-3-11-21-19(9-1)18-28-29-25-15-7-5-13-23(25)24-14-6-8-16-26(24)32(29)31-22-12-4-2-10-20(22)17-27(21)30(28)31/h1-18H. The highest BCUT2D eigenvalue weighted by molar-refractivity contribution is 6.36. The summed E-state index contributed by atoms with van der Waals surface area (Å²) in [4.78, 5) is 0. The monoisotopic (exact) mass is 402 g/mol. The second kappa shape index (κ2) is 5.75. The van der Waals surface area contributed by atoms with E-state index in [-0.39, 0.29) is 0 Å². The Morgan fingerprint density at radius 2 is 0.812 bits per heavy atom. The molecule has 0 atom stereocenters. The maximum absolute atomic E-state index is 2.42. The Kier molecular flexibility index (Phi) is 2.97. The van der Waals surface area contributed by atoms with Crippen LogP contribution >= 0.6 is 0 Å². The minimum Gasteiger partial charge on any atom is -0.0616 e. The van der Waals surface area contributed by atoms with Crippen LogP contribution in [0.1, 0.15) is 0 Å². The van der Waals surface area contributed by atoms with Crippen molar-refractivity contribution in [2.24, 2.45) is 0 Å². The predicted molar refractivity (Wildman–Crippen MR) is 138 cm³/mol. The molecule has 32 heavy (non-hydrogen) atoms. The van der Waals surface area contributed by atoms with Gasteiger partial charge in [-0.25, -0.2) is 0 Å². The first-order valence-corrected chi connectivity index (χ1v) is 11.2. The van der Waals surface area contributed by atoms with Gasteiger partial charge in [0.25, 0.3) is 0 Å². The van der Waals surface area contributed by atoms with E-state index in [2.05, 4.69) is 109 Å². The molecule has 7 aromatic rings. The van der Waals surface area contributed by atoms with Gasteiger partial charge in [0, 0.05) is 0 Å². The van der Waals surface area contributed by atoms with Gasteiger partial charge >= 0.3 is 0 Å². The Morgan fingerprint density at radius 3 is 1.50 bits per heavy atom. The summed E-state index contributed by atoms with van der Waals surface area (Å²) >= 11 is 0. The Balaban J connectivity index is 1.77. The molecule has 0 saturated carbocycles. The highest BCUT2D eigenvalue weighted by Crippen LogP contribution is 2.56. The van der Waals surface area contributed by atoms with E-state index >= 15 is 0 Å². The zero-order valence-corrected chi connectivity index (χ0v) is 17.4. The summed E-state index contributed by atoms with van der Waals surface area (Å²) < 4.78 is 0. The van der Waals surface area contributed by atoms with Gasteiger partial charge in [0.15, 0.2) is 0 Å². The van der Waals surface area contributed by atoms with E-state index in [0.717, 1.165) is 0 Å². The molecule has 146 valence electrons. The number of hydrogen-bond donors (Lipinski definition) is 0. The van der Waals surface area contributed by atoms with Crippen LogP contribution in [0.5, 0.6) is 0 Å². The van der Waals surface area contributed by atoms with Crippen molar-refractivity contribution in [1.82, 2.24) is 0 Å². The molecule has 0 N–H and O–H groups in total. The maximum Gasteiger partial charge on any atom is -0.000741 e. The SMILES string of the molecule is c1ccc2c3c4c(cc5ccccc5c4cc2c1)-c1c-3c2ccccc2c2ccccc12. The number of rotatable bonds is 0. The highest BCUT2D eigenvalue weighted by Gasteiger charge is 2.28. The van der Waals surface area contributed by atoms with Crippen molar-refractivity contribution in [2.75, 3.05) is 0 Å². The number of fused-ring (bicyclic) bond motifs is 12. The molecule has 0 radical (unpaired) electrons. The maximum atomic E-state index is 2.42. The Labute approximate surface area is 185 Å². The third-order valence-corrected chi connectivity index (χ3v) is 7.32. The molecule has 0 nitrogen and oxygen atoms in total. The van der Waals surface area contributed by atoms with Gasteiger partial charge in [-0.2, -0.15) is 0 Å². The van der Waals surface area contributed by atoms with Crippen LogP contribution in [-0.2, 0) is 0 Å². The number of benzene rings is 7. The molecule has 8 rings (SSSR count). The molecule has 0 saturated heterocycles. The molecule has 0 aromatic heterocycles. The molecule has 0 aliphatic heterocycles. The molecule has 0 spiro atoms. The van der Waals surface area contributed by atoms with Crippen molar-refractivity contribution >= 4 is 53.9 Å². The Bertz CT molecular complexity index is 1920. The molecule has 0 heterocycles. The third kappa shape index (κ3) is 1.89. The van der Waals surface area contributed by atoms with Crippen molar-refractivity contribution in [3.05, 3.63) is 109 Å². The zero-order chi connectivity index (χ0) is 20.8. The second-order valence-electron chi connectivity index (χ2n) is 8.88. The average Bonchev–Trinajstić information content (AvgIpc) is 3.21. The lowest BCUT2D eigenvalue weighted by Crippen LogP contribution is -1.86. The van der Waals surface area contributed by atoms with Gasteiger partial charge in [-0.05, 0) is 88.2 Å². The summed E-state index contributed by atoms with van der Waals surface area (Å²) in [5, 5.41) is 13.4. The first kappa shape index (κ1) is 16.5. The van der Waals surface area contributed by atoms with Gasteiger partial charge < -0.3 is 0 Å². The fourth-order valence-electron chi connectivity index (χ4n) is 6.07. The van der Waals surface area contributed by atoms with E-state index in [1.165, 1.54) is 76.1 Å². The fourth-order valence-corrected chi connectivity index (χ4v) is 6.07. The van der Waals surface area contributed by atoms with Gasteiger partial charge in [0.1, 0.15) is 0 Å². The van der Waals surface area contributed by atoms with E-state index in [1.54, 1.807) is 0 Å². The van der Waals surface area contributed by atoms with Crippen molar-refractivity contribution in [3.8, 4) is 22.3 Å². The van der Waals surface area contributed by atoms with Crippen molar-refractivity contribution < 1.29 is 0 Å². The zero-order valence-electron chi connectivity index (χ0n) is 17.4. The Hall–Kier alpha value is -4.16. The molecule has 0 unspecified atom stereocenters. The van der Waals surface area contributed by atoms with E-state index < -0.39 is 0 Å². The van der Waals surface area contributed by atoms with Crippen LogP contribution in [0.25, 0.3) is 76.1 Å². The number of hydrogen-bond acceptors (Lipinski definition) is 0. The minimum absolute atomic E-state index is 1.31. The molecule has 0 amide bonds. The average molecular weight is 402 g/mol. The molecule has 0 heteroatoms. The summed E-state index contributed by atoms with van der Waals surface area (Å²) in [6, 6.07) is 40.4. The third-order valence-electron chi connectivity index (χ3n) is 7.32. The van der Waals surface area contributed by atoms with Gasteiger partial charge in [-0.15, -0.1) is 0 Å². The summed E-state index contributed by atoms with van der Waals surface area (Å²) in [6.45, 7) is 0. The summed E-state index contributed by atoms with van der Waals surface area (Å²) in [5.74, 6) is 0. The lowest BCUT2D eigenvalue weighted by Gasteiger charge is -2.14. The fraction of sp³-hybridized carbons (Fsp3) is 0. The quantitative estimate of drug-likeness (QED) is 0.175. The molecule has 1 aliphatic carbocycles. The van der Waals surface area contributed by atoms with E-state index in [9.17, 15) is 0 Å². The van der Waals surface area contributed by atoms with Crippen LogP contribution in [0, 0.1) is 0 Å². The molecular formula is C32H18. The topological polar surface area (TPSA) is 0 Å². The molecule has 7 aromatic carbocycles. The van der Waals surface area contributed by atoms with Crippen LogP contribution in [0.15, 0.2) is 109 Å². The lowest BCUT2D eigenvalue weighted by atomic mass is 9.89. The lowest BCUT2D eigenvalue weighted by molar-refractivity contribution is 1.75. The first-order valence-electron chi connectivity index (χ1n) is 11.2. The van der Waals surface area contributed by atoms with Gasteiger partial charge in [-0.1, -0.05) is 97.1 Å². The van der Waals surface area contributed by atoms with Crippen LogP contribution in [0.4, 0.5) is 0 Å². The van der Waals surface area contributed by atoms with Crippen molar-refractivity contribution in [3.63, 3.8) is 0 Å². The summed E-state index contributed by atoms with van der Waals surface area (Å²) in [7, 11) is 0. The van der Waals surface area contributed by atoms with Gasteiger partial charge in [0.2, 0.25) is 0 Å². The molecule has 0 fully saturated rings. The van der Waals surface area contributed by atoms with E-state index in [1.807, 2.05) is 0 Å². The molecule has 0 bridgehead atoms. The Morgan fingerprint density at radius 1 is 0.312 bits per heavy atom. The summed E-state index contributed by atoms with van der Waals surface area (Å²) in [6.07, 6.45) is 0. The van der Waals surface area contributed by atoms with Crippen LogP contribution in [-0.4, -0.2) is 0 Å². The largest absolute Gasteiger partial charge is 0.0616 e. The van der Waals surface area contributed by atoms with Crippen molar-refractivity contribution in [1.29, 1.82) is 0 Å². The van der Waals surface area contributed by atoms with E-state index in [0.29, 0.717) is 0 Å². The van der Waals surface area contributed by atoms with Gasteiger partial charge in [-0.3, -0.25) is 0 Å². The molecule has 1 aliphatic rings. The minimum atomic E-state index is 1.31. The normalized spacial score (nSPS) is 12.4. The first-order chi connectivity index (χ1) is 15.9.